The highest BCUT2D eigenvalue weighted by Crippen LogP contribution is 2.29. The first-order valence-corrected chi connectivity index (χ1v) is 9.80. The van der Waals surface area contributed by atoms with Crippen molar-refractivity contribution in [1.82, 2.24) is 0 Å². The Labute approximate surface area is 165 Å². The van der Waals surface area contributed by atoms with Crippen LogP contribution in [0.15, 0.2) is 53.9 Å². The average molecular weight is 394 g/mol. The van der Waals surface area contributed by atoms with Gasteiger partial charge < -0.3 is 15.0 Å². The number of nitrogens with one attached hydrogen (secondary N) is 1. The highest BCUT2D eigenvalue weighted by Gasteiger charge is 2.26. The lowest BCUT2D eigenvalue weighted by Crippen LogP contribution is -2.42. The van der Waals surface area contributed by atoms with Gasteiger partial charge >= 0.3 is 5.97 Å². The first kappa shape index (κ1) is 18.2. The number of hydrogen-bond donors (Lipinski definition) is 1. The van der Waals surface area contributed by atoms with E-state index < -0.39 is 5.97 Å². The summed E-state index contributed by atoms with van der Waals surface area (Å²) in [4.78, 5) is 37.9. The summed E-state index contributed by atoms with van der Waals surface area (Å²) in [6.07, 6.45) is -0.0357. The standard InChI is InChI=1S/C21H18N2O4S/c24-19-11-23(17-7-3-2-6-16(17)22-19)20(25)9-10-21(26)27-12-14-13-28-18-8-4-1-5-15(14)18/h1-8,13H,9-12H2,(H,22,24). The quantitative estimate of drug-likeness (QED) is 0.670. The molecular weight excluding hydrogens is 376 g/mol. The van der Waals surface area contributed by atoms with Gasteiger partial charge in [-0.05, 0) is 29.0 Å². The predicted octanol–water partition coefficient (Wildman–Crippen LogP) is 3.71. The SMILES string of the molecule is O=C1CN(C(=O)CCC(=O)OCc2csc3ccccc23)c2ccccc2N1. The molecule has 3 aromatic rings. The second-order valence-corrected chi connectivity index (χ2v) is 7.37. The number of esters is 1. The van der Waals surface area contributed by atoms with Crippen molar-refractivity contribution in [1.29, 1.82) is 0 Å². The molecule has 2 heterocycles. The van der Waals surface area contributed by atoms with Gasteiger partial charge in [0.25, 0.3) is 0 Å². The van der Waals surface area contributed by atoms with Crippen molar-refractivity contribution in [2.24, 2.45) is 0 Å². The third-order valence-electron chi connectivity index (χ3n) is 4.56. The summed E-state index contributed by atoms with van der Waals surface area (Å²) in [5.74, 6) is -0.961. The number of fused-ring (bicyclic) bond motifs is 2. The van der Waals surface area contributed by atoms with E-state index in [2.05, 4.69) is 5.32 Å². The van der Waals surface area contributed by atoms with Crippen molar-refractivity contribution in [2.75, 3.05) is 16.8 Å². The Morgan fingerprint density at radius 2 is 1.86 bits per heavy atom. The van der Waals surface area contributed by atoms with E-state index in [-0.39, 0.29) is 37.8 Å². The lowest BCUT2D eigenvalue weighted by Gasteiger charge is -2.29. The molecule has 7 heteroatoms. The summed E-state index contributed by atoms with van der Waals surface area (Å²) in [5, 5.41) is 5.79. The van der Waals surface area contributed by atoms with Gasteiger partial charge in [-0.25, -0.2) is 0 Å². The Balaban J connectivity index is 1.34. The van der Waals surface area contributed by atoms with Crippen LogP contribution < -0.4 is 10.2 Å². The van der Waals surface area contributed by atoms with Crippen LogP contribution in [0.3, 0.4) is 0 Å². The normalized spacial score (nSPS) is 13.1. The zero-order valence-electron chi connectivity index (χ0n) is 15.0. The molecule has 0 saturated heterocycles. The van der Waals surface area contributed by atoms with Crippen molar-refractivity contribution < 1.29 is 19.1 Å². The van der Waals surface area contributed by atoms with Gasteiger partial charge in [0, 0.05) is 16.7 Å². The summed E-state index contributed by atoms with van der Waals surface area (Å²) in [7, 11) is 0. The summed E-state index contributed by atoms with van der Waals surface area (Å²) in [5.41, 5.74) is 2.20. The van der Waals surface area contributed by atoms with Crippen LogP contribution in [0.4, 0.5) is 11.4 Å². The highest BCUT2D eigenvalue weighted by atomic mass is 32.1. The van der Waals surface area contributed by atoms with Gasteiger partial charge in [0.2, 0.25) is 11.8 Å². The zero-order valence-corrected chi connectivity index (χ0v) is 15.8. The average Bonchev–Trinajstić information content (AvgIpc) is 3.13. The van der Waals surface area contributed by atoms with Crippen molar-refractivity contribution in [3.05, 3.63) is 59.5 Å². The van der Waals surface area contributed by atoms with Crippen molar-refractivity contribution in [3.63, 3.8) is 0 Å². The van der Waals surface area contributed by atoms with E-state index in [9.17, 15) is 14.4 Å². The number of nitrogens with zero attached hydrogens (tertiary/aromatic N) is 1. The molecular formula is C21H18N2O4S. The van der Waals surface area contributed by atoms with Crippen LogP contribution >= 0.6 is 11.3 Å². The zero-order chi connectivity index (χ0) is 19.5. The smallest absolute Gasteiger partial charge is 0.306 e. The molecule has 0 fully saturated rings. The number of para-hydroxylation sites is 2. The number of anilines is 2. The Kier molecular flexibility index (Phi) is 5.08. The molecule has 0 saturated carbocycles. The Morgan fingerprint density at radius 1 is 1.07 bits per heavy atom. The van der Waals surface area contributed by atoms with Crippen LogP contribution in [-0.2, 0) is 25.7 Å². The molecule has 6 nitrogen and oxygen atoms in total. The first-order valence-electron chi connectivity index (χ1n) is 8.92. The number of carbonyl (C=O) groups is 3. The number of carbonyl (C=O) groups excluding carboxylic acids is 3. The van der Waals surface area contributed by atoms with E-state index >= 15 is 0 Å². The lowest BCUT2D eigenvalue weighted by atomic mass is 10.1. The molecule has 28 heavy (non-hydrogen) atoms. The number of thiophene rings is 1. The second-order valence-electron chi connectivity index (χ2n) is 6.46. The molecule has 1 N–H and O–H groups in total. The van der Waals surface area contributed by atoms with Crippen LogP contribution in [0, 0.1) is 0 Å². The van der Waals surface area contributed by atoms with Gasteiger partial charge in [-0.15, -0.1) is 11.3 Å². The van der Waals surface area contributed by atoms with E-state index in [1.807, 2.05) is 29.6 Å². The monoisotopic (exact) mass is 394 g/mol. The predicted molar refractivity (Wildman–Crippen MR) is 108 cm³/mol. The van der Waals surface area contributed by atoms with Crippen LogP contribution in [0.1, 0.15) is 18.4 Å². The summed E-state index contributed by atoms with van der Waals surface area (Å²) in [6, 6.07) is 15.0. The van der Waals surface area contributed by atoms with Gasteiger partial charge in [0.1, 0.15) is 13.2 Å². The summed E-state index contributed by atoms with van der Waals surface area (Å²) in [6.45, 7) is 0.137. The summed E-state index contributed by atoms with van der Waals surface area (Å²) < 4.78 is 6.48. The number of benzene rings is 2. The van der Waals surface area contributed by atoms with Crippen LogP contribution in [0.2, 0.25) is 0 Å². The second kappa shape index (κ2) is 7.82. The molecule has 0 spiro atoms. The van der Waals surface area contributed by atoms with Crippen molar-refractivity contribution >= 4 is 50.6 Å². The molecule has 1 aromatic heterocycles. The molecule has 0 aliphatic carbocycles. The molecule has 0 unspecified atom stereocenters. The number of amides is 2. The molecule has 0 bridgehead atoms. The fourth-order valence-electron chi connectivity index (χ4n) is 3.17. The maximum atomic E-state index is 12.6. The number of ether oxygens (including phenoxy) is 1. The van der Waals surface area contributed by atoms with Gasteiger partial charge in [-0.1, -0.05) is 30.3 Å². The Morgan fingerprint density at radius 3 is 2.75 bits per heavy atom. The van der Waals surface area contributed by atoms with Gasteiger partial charge in [-0.2, -0.15) is 0 Å². The molecule has 1 aliphatic rings. The maximum Gasteiger partial charge on any atom is 0.306 e. The fourth-order valence-corrected chi connectivity index (χ4v) is 4.12. The van der Waals surface area contributed by atoms with Crippen LogP contribution in [-0.4, -0.2) is 24.3 Å². The molecule has 1 aliphatic heterocycles. The molecule has 2 amide bonds. The molecule has 142 valence electrons. The minimum atomic E-state index is -0.432. The first-order chi connectivity index (χ1) is 13.6. The van der Waals surface area contributed by atoms with Crippen LogP contribution in [0.5, 0.6) is 0 Å². The number of rotatable bonds is 5. The van der Waals surface area contributed by atoms with Crippen LogP contribution in [0.25, 0.3) is 10.1 Å². The van der Waals surface area contributed by atoms with E-state index in [0.29, 0.717) is 11.4 Å². The molecule has 4 rings (SSSR count). The lowest BCUT2D eigenvalue weighted by molar-refractivity contribution is -0.146. The minimum absolute atomic E-state index is 0.00910. The molecule has 0 radical (unpaired) electrons. The topological polar surface area (TPSA) is 75.7 Å². The fraction of sp³-hybridized carbons (Fsp3) is 0.190. The van der Waals surface area contributed by atoms with E-state index in [1.54, 1.807) is 35.6 Å². The van der Waals surface area contributed by atoms with Gasteiger partial charge in [0.15, 0.2) is 0 Å². The van der Waals surface area contributed by atoms with E-state index in [0.717, 1.165) is 15.6 Å². The van der Waals surface area contributed by atoms with Crippen molar-refractivity contribution in [2.45, 2.75) is 19.4 Å². The maximum absolute atomic E-state index is 12.6. The number of hydrogen-bond acceptors (Lipinski definition) is 5. The molecule has 2 aromatic carbocycles. The highest BCUT2D eigenvalue weighted by molar-refractivity contribution is 7.17. The third kappa shape index (κ3) is 3.75. The van der Waals surface area contributed by atoms with E-state index in [1.165, 1.54) is 4.90 Å². The van der Waals surface area contributed by atoms with Crippen molar-refractivity contribution in [3.8, 4) is 0 Å². The van der Waals surface area contributed by atoms with E-state index in [4.69, 9.17) is 4.74 Å². The molecule has 0 atom stereocenters. The minimum Gasteiger partial charge on any atom is -0.461 e. The van der Waals surface area contributed by atoms with Gasteiger partial charge in [0.05, 0.1) is 17.8 Å². The Hall–Kier alpha value is -3.19. The Bertz CT molecular complexity index is 1060. The van der Waals surface area contributed by atoms with Gasteiger partial charge in [-0.3, -0.25) is 14.4 Å². The largest absolute Gasteiger partial charge is 0.461 e. The third-order valence-corrected chi connectivity index (χ3v) is 5.58. The summed E-state index contributed by atoms with van der Waals surface area (Å²) >= 11 is 1.61.